The van der Waals surface area contributed by atoms with Crippen LogP contribution >= 0.6 is 15.9 Å². The summed E-state index contributed by atoms with van der Waals surface area (Å²) < 4.78 is 2.88. The van der Waals surface area contributed by atoms with Gasteiger partial charge in [0.05, 0.1) is 11.4 Å². The van der Waals surface area contributed by atoms with E-state index in [0.29, 0.717) is 0 Å². The van der Waals surface area contributed by atoms with Crippen LogP contribution in [0.3, 0.4) is 0 Å². The van der Waals surface area contributed by atoms with Gasteiger partial charge in [-0.2, -0.15) is 5.10 Å². The zero-order chi connectivity index (χ0) is 10.1. The molecular formula is C11H10BrN2. The summed E-state index contributed by atoms with van der Waals surface area (Å²) in [5.74, 6) is 0. The van der Waals surface area contributed by atoms with Crippen molar-refractivity contribution in [3.8, 4) is 5.69 Å². The molecule has 1 radical (unpaired) electrons. The Bertz CT molecular complexity index is 441. The molecule has 2 nitrogen and oxygen atoms in total. The molecule has 2 aromatic rings. The summed E-state index contributed by atoms with van der Waals surface area (Å²) in [6.45, 7) is 4.06. The molecule has 1 aromatic carbocycles. The molecule has 2 rings (SSSR count). The fraction of sp³-hybridized carbons (Fsp3) is 0.182. The van der Waals surface area contributed by atoms with Crippen molar-refractivity contribution in [1.82, 2.24) is 9.78 Å². The van der Waals surface area contributed by atoms with Gasteiger partial charge in [-0.15, -0.1) is 0 Å². The van der Waals surface area contributed by atoms with Gasteiger partial charge in [-0.05, 0) is 43.7 Å². The standard InChI is InChI=1S/C11H10BrN2/c1-8-7-14(13-9(8)2)11-5-3-4-10(12)6-11/h4-7H,1-2H3. The Hall–Kier alpha value is -1.09. The van der Waals surface area contributed by atoms with Crippen LogP contribution in [0.25, 0.3) is 5.69 Å². The van der Waals surface area contributed by atoms with Crippen LogP contribution in [0.4, 0.5) is 0 Å². The van der Waals surface area contributed by atoms with E-state index in [1.807, 2.05) is 36.0 Å². The van der Waals surface area contributed by atoms with Gasteiger partial charge in [0.25, 0.3) is 0 Å². The maximum absolute atomic E-state index is 4.40. The minimum Gasteiger partial charge on any atom is -0.240 e. The van der Waals surface area contributed by atoms with Gasteiger partial charge in [-0.3, -0.25) is 0 Å². The van der Waals surface area contributed by atoms with Crippen molar-refractivity contribution >= 4 is 15.9 Å². The molecular weight excluding hydrogens is 240 g/mol. The van der Waals surface area contributed by atoms with E-state index >= 15 is 0 Å². The van der Waals surface area contributed by atoms with Gasteiger partial charge in [-0.25, -0.2) is 4.68 Å². The van der Waals surface area contributed by atoms with Crippen molar-refractivity contribution in [1.29, 1.82) is 0 Å². The van der Waals surface area contributed by atoms with Gasteiger partial charge in [0, 0.05) is 10.7 Å². The number of aryl methyl sites for hydroxylation is 2. The summed E-state index contributed by atoms with van der Waals surface area (Å²) in [6, 6.07) is 8.86. The molecule has 0 aliphatic rings. The van der Waals surface area contributed by atoms with Crippen LogP contribution in [-0.4, -0.2) is 9.78 Å². The fourth-order valence-electron chi connectivity index (χ4n) is 1.24. The maximum atomic E-state index is 4.40. The normalized spacial score (nSPS) is 10.5. The minimum atomic E-state index is 1.01. The van der Waals surface area contributed by atoms with Gasteiger partial charge in [0.1, 0.15) is 0 Å². The first-order valence-corrected chi connectivity index (χ1v) is 5.16. The van der Waals surface area contributed by atoms with Crippen molar-refractivity contribution in [3.63, 3.8) is 0 Å². The third-order valence-electron chi connectivity index (χ3n) is 2.15. The topological polar surface area (TPSA) is 17.8 Å². The smallest absolute Gasteiger partial charge is 0.0663 e. The van der Waals surface area contributed by atoms with E-state index in [4.69, 9.17) is 0 Å². The number of hydrogen-bond donors (Lipinski definition) is 0. The molecule has 0 fully saturated rings. The summed E-state index contributed by atoms with van der Waals surface area (Å²) in [4.78, 5) is 0. The quantitative estimate of drug-likeness (QED) is 0.760. The molecule has 1 aromatic heterocycles. The van der Waals surface area contributed by atoms with E-state index in [1.165, 1.54) is 5.56 Å². The Morgan fingerprint density at radius 2 is 2.14 bits per heavy atom. The number of benzene rings is 1. The molecule has 0 aliphatic heterocycles. The van der Waals surface area contributed by atoms with E-state index in [9.17, 15) is 0 Å². The van der Waals surface area contributed by atoms with Crippen molar-refractivity contribution in [2.75, 3.05) is 0 Å². The van der Waals surface area contributed by atoms with Crippen LogP contribution in [-0.2, 0) is 0 Å². The average Bonchev–Trinajstić information content (AvgIpc) is 2.47. The highest BCUT2D eigenvalue weighted by Crippen LogP contribution is 2.15. The summed E-state index contributed by atoms with van der Waals surface area (Å²) in [6.07, 6.45) is 2.02. The van der Waals surface area contributed by atoms with Gasteiger partial charge >= 0.3 is 0 Å². The molecule has 1 heterocycles. The Morgan fingerprint density at radius 1 is 1.36 bits per heavy atom. The number of nitrogens with zero attached hydrogens (tertiary/aromatic N) is 2. The fourth-order valence-corrected chi connectivity index (χ4v) is 1.61. The van der Waals surface area contributed by atoms with Gasteiger partial charge in [0.15, 0.2) is 0 Å². The van der Waals surface area contributed by atoms with Gasteiger partial charge in [-0.1, -0.05) is 15.9 Å². The Labute approximate surface area is 91.7 Å². The third-order valence-corrected chi connectivity index (χ3v) is 2.60. The van der Waals surface area contributed by atoms with Crippen molar-refractivity contribution in [2.24, 2.45) is 0 Å². The molecule has 0 saturated heterocycles. The lowest BCUT2D eigenvalue weighted by atomic mass is 10.3. The summed E-state index contributed by atoms with van der Waals surface area (Å²) in [7, 11) is 0. The Morgan fingerprint density at radius 3 is 2.71 bits per heavy atom. The molecule has 0 amide bonds. The first kappa shape index (κ1) is 9.46. The van der Waals surface area contributed by atoms with E-state index in [0.717, 1.165) is 15.9 Å². The second-order valence-corrected chi connectivity index (χ2v) is 4.17. The summed E-state index contributed by atoms with van der Waals surface area (Å²) >= 11 is 3.41. The van der Waals surface area contributed by atoms with Crippen molar-refractivity contribution < 1.29 is 0 Å². The second kappa shape index (κ2) is 3.58. The lowest BCUT2D eigenvalue weighted by Crippen LogP contribution is -1.94. The summed E-state index contributed by atoms with van der Waals surface area (Å²) in [5.41, 5.74) is 3.28. The molecule has 0 atom stereocenters. The SMILES string of the molecule is Cc1cn(-c2c[c]cc(Br)c2)nc1C. The molecule has 3 heteroatoms. The van der Waals surface area contributed by atoms with Gasteiger partial charge < -0.3 is 0 Å². The molecule has 0 saturated carbocycles. The predicted octanol–water partition coefficient (Wildman–Crippen LogP) is 3.05. The van der Waals surface area contributed by atoms with Crippen LogP contribution in [0.5, 0.6) is 0 Å². The lowest BCUT2D eigenvalue weighted by molar-refractivity contribution is 0.862. The van der Waals surface area contributed by atoms with Gasteiger partial charge in [0.2, 0.25) is 0 Å². The zero-order valence-corrected chi connectivity index (χ0v) is 9.67. The average molecular weight is 250 g/mol. The van der Waals surface area contributed by atoms with Crippen LogP contribution in [0, 0.1) is 19.9 Å². The highest BCUT2D eigenvalue weighted by Gasteiger charge is 2.02. The lowest BCUT2D eigenvalue weighted by Gasteiger charge is -2.00. The largest absolute Gasteiger partial charge is 0.240 e. The number of aromatic nitrogens is 2. The zero-order valence-electron chi connectivity index (χ0n) is 8.08. The molecule has 0 spiro atoms. The molecule has 0 unspecified atom stereocenters. The molecule has 0 aliphatic carbocycles. The number of halogens is 1. The maximum Gasteiger partial charge on any atom is 0.0663 e. The first-order chi connectivity index (χ1) is 6.66. The van der Waals surface area contributed by atoms with Crippen molar-refractivity contribution in [2.45, 2.75) is 13.8 Å². The van der Waals surface area contributed by atoms with Crippen LogP contribution in [0.2, 0.25) is 0 Å². The molecule has 71 valence electrons. The van der Waals surface area contributed by atoms with Crippen LogP contribution in [0.1, 0.15) is 11.3 Å². The highest BCUT2D eigenvalue weighted by molar-refractivity contribution is 9.10. The predicted molar refractivity (Wildman–Crippen MR) is 59.6 cm³/mol. The van der Waals surface area contributed by atoms with E-state index in [-0.39, 0.29) is 0 Å². The molecule has 0 bridgehead atoms. The first-order valence-electron chi connectivity index (χ1n) is 4.37. The van der Waals surface area contributed by atoms with E-state index in [1.54, 1.807) is 0 Å². The third kappa shape index (κ3) is 1.73. The second-order valence-electron chi connectivity index (χ2n) is 3.25. The summed E-state index contributed by atoms with van der Waals surface area (Å²) in [5, 5.41) is 4.40. The van der Waals surface area contributed by atoms with E-state index in [2.05, 4.69) is 34.0 Å². The van der Waals surface area contributed by atoms with E-state index < -0.39 is 0 Å². The Kier molecular flexibility index (Phi) is 2.42. The minimum absolute atomic E-state index is 1.01. The molecule has 14 heavy (non-hydrogen) atoms. The monoisotopic (exact) mass is 249 g/mol. The number of hydrogen-bond acceptors (Lipinski definition) is 1. The highest BCUT2D eigenvalue weighted by atomic mass is 79.9. The Balaban J connectivity index is 2.49. The van der Waals surface area contributed by atoms with Crippen molar-refractivity contribution in [3.05, 3.63) is 46.2 Å². The molecule has 0 N–H and O–H groups in total. The van der Waals surface area contributed by atoms with Crippen LogP contribution in [0.15, 0.2) is 28.9 Å². The van der Waals surface area contributed by atoms with Crippen LogP contribution < -0.4 is 0 Å². The number of rotatable bonds is 1.